The van der Waals surface area contributed by atoms with Crippen LogP contribution in [0.25, 0.3) is 10.4 Å². The SMILES string of the molecule is CCOC(=O)c1sc(-c2ccc(SC)cc2)c(C)c1N. The molecule has 1 aromatic carbocycles. The third-order valence-electron chi connectivity index (χ3n) is 3.01. The zero-order chi connectivity index (χ0) is 14.7. The summed E-state index contributed by atoms with van der Waals surface area (Å²) >= 11 is 3.10. The van der Waals surface area contributed by atoms with Crippen LogP contribution >= 0.6 is 23.1 Å². The number of thioether (sulfide) groups is 1. The maximum Gasteiger partial charge on any atom is 0.350 e. The lowest BCUT2D eigenvalue weighted by Crippen LogP contribution is -2.05. The van der Waals surface area contributed by atoms with E-state index in [2.05, 4.69) is 24.3 Å². The Balaban J connectivity index is 2.41. The van der Waals surface area contributed by atoms with Crippen LogP contribution in [0.2, 0.25) is 0 Å². The van der Waals surface area contributed by atoms with Gasteiger partial charge in [-0.2, -0.15) is 0 Å². The van der Waals surface area contributed by atoms with Crippen molar-refractivity contribution in [2.24, 2.45) is 0 Å². The quantitative estimate of drug-likeness (QED) is 0.679. The summed E-state index contributed by atoms with van der Waals surface area (Å²) in [6.45, 7) is 4.08. The second kappa shape index (κ2) is 6.33. The summed E-state index contributed by atoms with van der Waals surface area (Å²) in [6, 6.07) is 8.25. The Bertz CT molecular complexity index is 618. The lowest BCUT2D eigenvalue weighted by Gasteiger charge is -2.01. The van der Waals surface area contributed by atoms with Crippen molar-refractivity contribution in [3.8, 4) is 10.4 Å². The molecule has 1 heterocycles. The fraction of sp³-hybridized carbons (Fsp3) is 0.267. The van der Waals surface area contributed by atoms with Gasteiger partial charge in [-0.3, -0.25) is 0 Å². The lowest BCUT2D eigenvalue weighted by atomic mass is 10.1. The molecule has 2 aromatic rings. The summed E-state index contributed by atoms with van der Waals surface area (Å²) in [6.07, 6.45) is 2.04. The molecule has 0 spiro atoms. The Hall–Kier alpha value is -1.46. The zero-order valence-corrected chi connectivity index (χ0v) is 13.4. The molecule has 0 unspecified atom stereocenters. The number of carbonyl (C=O) groups excluding carboxylic acids is 1. The van der Waals surface area contributed by atoms with Crippen LogP contribution in [-0.2, 0) is 4.74 Å². The first-order valence-corrected chi connectivity index (χ1v) is 8.33. The smallest absolute Gasteiger partial charge is 0.350 e. The van der Waals surface area contributed by atoms with Crippen LogP contribution in [0.15, 0.2) is 29.2 Å². The Labute approximate surface area is 127 Å². The molecule has 0 amide bonds. The molecule has 106 valence electrons. The van der Waals surface area contributed by atoms with Crippen LogP contribution in [0.4, 0.5) is 5.69 Å². The van der Waals surface area contributed by atoms with Crippen molar-refractivity contribution >= 4 is 34.8 Å². The molecule has 2 N–H and O–H groups in total. The number of thiophene rings is 1. The first-order chi connectivity index (χ1) is 9.58. The second-order valence-electron chi connectivity index (χ2n) is 4.25. The normalized spacial score (nSPS) is 10.6. The molecule has 2 rings (SSSR count). The van der Waals surface area contributed by atoms with Gasteiger partial charge in [-0.25, -0.2) is 4.79 Å². The first kappa shape index (κ1) is 14.9. The molecule has 0 radical (unpaired) electrons. The highest BCUT2D eigenvalue weighted by molar-refractivity contribution is 7.98. The van der Waals surface area contributed by atoms with Gasteiger partial charge in [-0.05, 0) is 43.4 Å². The molecule has 3 nitrogen and oxygen atoms in total. The van der Waals surface area contributed by atoms with Gasteiger partial charge in [0.15, 0.2) is 0 Å². The van der Waals surface area contributed by atoms with Gasteiger partial charge in [-0.1, -0.05) is 12.1 Å². The standard InChI is InChI=1S/C15H17NO2S2/c1-4-18-15(17)14-12(16)9(2)13(20-14)10-5-7-11(19-3)8-6-10/h5-8H,4,16H2,1-3H3. The highest BCUT2D eigenvalue weighted by Gasteiger charge is 2.20. The van der Waals surface area contributed by atoms with Gasteiger partial charge in [-0.15, -0.1) is 23.1 Å². The van der Waals surface area contributed by atoms with E-state index >= 15 is 0 Å². The third-order valence-corrected chi connectivity index (χ3v) is 5.09. The van der Waals surface area contributed by atoms with E-state index in [9.17, 15) is 4.79 Å². The van der Waals surface area contributed by atoms with Gasteiger partial charge in [0.05, 0.1) is 12.3 Å². The Morgan fingerprint density at radius 3 is 2.55 bits per heavy atom. The van der Waals surface area contributed by atoms with Crippen molar-refractivity contribution in [2.75, 3.05) is 18.6 Å². The molecule has 20 heavy (non-hydrogen) atoms. The van der Waals surface area contributed by atoms with E-state index in [4.69, 9.17) is 10.5 Å². The van der Waals surface area contributed by atoms with Crippen LogP contribution in [0.1, 0.15) is 22.2 Å². The third kappa shape index (κ3) is 2.83. The fourth-order valence-electron chi connectivity index (χ4n) is 1.89. The number of hydrogen-bond acceptors (Lipinski definition) is 5. The van der Waals surface area contributed by atoms with Crippen molar-refractivity contribution < 1.29 is 9.53 Å². The average Bonchev–Trinajstić information content (AvgIpc) is 2.76. The Kier molecular flexibility index (Phi) is 4.73. The minimum Gasteiger partial charge on any atom is -0.462 e. The van der Waals surface area contributed by atoms with E-state index in [1.54, 1.807) is 18.7 Å². The van der Waals surface area contributed by atoms with E-state index in [1.165, 1.54) is 16.2 Å². The summed E-state index contributed by atoms with van der Waals surface area (Å²) in [5.41, 5.74) is 8.58. The summed E-state index contributed by atoms with van der Waals surface area (Å²) in [5, 5.41) is 0. The van der Waals surface area contributed by atoms with E-state index in [0.717, 1.165) is 16.0 Å². The first-order valence-electron chi connectivity index (χ1n) is 6.28. The lowest BCUT2D eigenvalue weighted by molar-refractivity contribution is 0.0533. The van der Waals surface area contributed by atoms with Crippen molar-refractivity contribution in [3.05, 3.63) is 34.7 Å². The molecule has 0 saturated heterocycles. The van der Waals surface area contributed by atoms with Gasteiger partial charge in [0, 0.05) is 9.77 Å². The van der Waals surface area contributed by atoms with Crippen LogP contribution in [0, 0.1) is 6.92 Å². The highest BCUT2D eigenvalue weighted by atomic mass is 32.2. The number of anilines is 1. The highest BCUT2D eigenvalue weighted by Crippen LogP contribution is 2.38. The average molecular weight is 307 g/mol. The Morgan fingerprint density at radius 1 is 1.35 bits per heavy atom. The minimum atomic E-state index is -0.343. The summed E-state index contributed by atoms with van der Waals surface area (Å²) in [7, 11) is 0. The molecular weight excluding hydrogens is 290 g/mol. The fourth-order valence-corrected chi connectivity index (χ4v) is 3.43. The second-order valence-corrected chi connectivity index (χ2v) is 6.15. The van der Waals surface area contributed by atoms with Gasteiger partial charge >= 0.3 is 5.97 Å². The number of esters is 1. The number of ether oxygens (including phenoxy) is 1. The van der Waals surface area contributed by atoms with Crippen molar-refractivity contribution in [1.82, 2.24) is 0 Å². The molecule has 0 aliphatic heterocycles. The number of rotatable bonds is 4. The van der Waals surface area contributed by atoms with Crippen LogP contribution in [0.3, 0.4) is 0 Å². The van der Waals surface area contributed by atoms with Gasteiger partial charge in [0.25, 0.3) is 0 Å². The topological polar surface area (TPSA) is 52.3 Å². The largest absolute Gasteiger partial charge is 0.462 e. The molecular formula is C15H17NO2S2. The molecule has 0 aliphatic carbocycles. The monoisotopic (exact) mass is 307 g/mol. The summed E-state index contributed by atoms with van der Waals surface area (Å²) in [5.74, 6) is -0.343. The van der Waals surface area contributed by atoms with Crippen molar-refractivity contribution in [3.63, 3.8) is 0 Å². The van der Waals surface area contributed by atoms with Crippen LogP contribution in [-0.4, -0.2) is 18.8 Å². The zero-order valence-electron chi connectivity index (χ0n) is 11.7. The Morgan fingerprint density at radius 2 is 2.00 bits per heavy atom. The van der Waals surface area contributed by atoms with Crippen LogP contribution < -0.4 is 5.73 Å². The van der Waals surface area contributed by atoms with Crippen molar-refractivity contribution in [1.29, 1.82) is 0 Å². The van der Waals surface area contributed by atoms with Gasteiger partial charge < -0.3 is 10.5 Å². The van der Waals surface area contributed by atoms with Gasteiger partial charge in [0.1, 0.15) is 4.88 Å². The van der Waals surface area contributed by atoms with Gasteiger partial charge in [0.2, 0.25) is 0 Å². The molecule has 0 fully saturated rings. The maximum atomic E-state index is 11.9. The number of nitrogen functional groups attached to an aromatic ring is 1. The predicted octanol–water partition coefficient (Wildman–Crippen LogP) is 4.20. The van der Waals surface area contributed by atoms with Crippen molar-refractivity contribution in [2.45, 2.75) is 18.7 Å². The molecule has 0 saturated carbocycles. The van der Waals surface area contributed by atoms with Crippen LogP contribution in [0.5, 0.6) is 0 Å². The maximum absolute atomic E-state index is 11.9. The minimum absolute atomic E-state index is 0.343. The van der Waals surface area contributed by atoms with E-state index in [0.29, 0.717) is 17.2 Å². The summed E-state index contributed by atoms with van der Waals surface area (Å²) in [4.78, 5) is 14.6. The summed E-state index contributed by atoms with van der Waals surface area (Å²) < 4.78 is 5.04. The number of carbonyl (C=O) groups is 1. The van der Waals surface area contributed by atoms with E-state index in [-0.39, 0.29) is 5.97 Å². The number of hydrogen-bond donors (Lipinski definition) is 1. The molecule has 0 aliphatic rings. The molecule has 0 bridgehead atoms. The van der Waals surface area contributed by atoms with E-state index < -0.39 is 0 Å². The number of nitrogens with two attached hydrogens (primary N) is 1. The molecule has 5 heteroatoms. The predicted molar refractivity (Wildman–Crippen MR) is 86.6 cm³/mol. The molecule has 1 aromatic heterocycles. The molecule has 0 atom stereocenters. The van der Waals surface area contributed by atoms with E-state index in [1.807, 2.05) is 13.2 Å². The number of benzene rings is 1.